The maximum absolute atomic E-state index is 14.4. The molecule has 0 fully saturated rings. The molecule has 0 spiro atoms. The first-order chi connectivity index (χ1) is 10.1. The van der Waals surface area contributed by atoms with Crippen molar-refractivity contribution in [2.75, 3.05) is 11.9 Å². The van der Waals surface area contributed by atoms with E-state index in [0.717, 1.165) is 17.8 Å². The highest BCUT2D eigenvalue weighted by molar-refractivity contribution is 5.92. The first-order valence-electron chi connectivity index (χ1n) is 6.95. The van der Waals surface area contributed by atoms with E-state index in [1.165, 1.54) is 0 Å². The molecular formula is C15H18ClFN4O. The average Bonchev–Trinajstić information content (AvgIpc) is 2.87. The number of amides is 1. The van der Waals surface area contributed by atoms with Gasteiger partial charge in [0.15, 0.2) is 0 Å². The molecule has 7 heteroatoms. The Morgan fingerprint density at radius 3 is 3.00 bits per heavy atom. The number of nitrogens with zero attached hydrogens (tertiary/aromatic N) is 1. The van der Waals surface area contributed by atoms with Gasteiger partial charge >= 0.3 is 0 Å². The summed E-state index contributed by atoms with van der Waals surface area (Å²) in [4.78, 5) is 12.0. The molecule has 3 rings (SSSR count). The molecule has 3 N–H and O–H groups in total. The molecule has 0 saturated carbocycles. The maximum Gasteiger partial charge on any atom is 0.230 e. The number of hydrogen-bond acceptors (Lipinski definition) is 3. The van der Waals surface area contributed by atoms with Crippen LogP contribution in [0.3, 0.4) is 0 Å². The van der Waals surface area contributed by atoms with Gasteiger partial charge in [-0.05, 0) is 43.1 Å². The van der Waals surface area contributed by atoms with Crippen LogP contribution < -0.4 is 10.6 Å². The van der Waals surface area contributed by atoms with Crippen molar-refractivity contribution in [1.82, 2.24) is 15.5 Å². The van der Waals surface area contributed by atoms with E-state index in [2.05, 4.69) is 20.8 Å². The highest BCUT2D eigenvalue weighted by atomic mass is 35.5. The molecule has 1 aromatic carbocycles. The van der Waals surface area contributed by atoms with Crippen molar-refractivity contribution in [1.29, 1.82) is 0 Å². The van der Waals surface area contributed by atoms with Crippen LogP contribution in [-0.4, -0.2) is 22.6 Å². The summed E-state index contributed by atoms with van der Waals surface area (Å²) < 4.78 is 14.4. The summed E-state index contributed by atoms with van der Waals surface area (Å²) >= 11 is 0. The number of H-pyrrole nitrogens is 1. The second-order valence-corrected chi connectivity index (χ2v) is 5.26. The van der Waals surface area contributed by atoms with Crippen LogP contribution in [0.4, 0.5) is 10.1 Å². The summed E-state index contributed by atoms with van der Waals surface area (Å²) in [5.74, 6) is -0.588. The van der Waals surface area contributed by atoms with Gasteiger partial charge in [0.05, 0.1) is 17.8 Å². The standard InChI is InChI=1S/C15H17FN4O.ClH/c1-9-6-11(20-19-9)7-14(21)18-13-3-2-10-8-17-5-4-12(10)15(13)16;/h2-3,6,17H,4-5,7-8H2,1H3,(H,18,21)(H,19,20);1H. The topological polar surface area (TPSA) is 69.8 Å². The minimum absolute atomic E-state index is 0. The number of rotatable bonds is 3. The van der Waals surface area contributed by atoms with Crippen molar-refractivity contribution >= 4 is 24.0 Å². The largest absolute Gasteiger partial charge is 0.323 e. The first-order valence-corrected chi connectivity index (χ1v) is 6.95. The highest BCUT2D eigenvalue weighted by Crippen LogP contribution is 2.24. The molecule has 0 bridgehead atoms. The molecular weight excluding hydrogens is 307 g/mol. The Bertz CT molecular complexity index is 686. The predicted octanol–water partition coefficient (Wildman–Crippen LogP) is 2.11. The number of nitrogens with one attached hydrogen (secondary N) is 3. The quantitative estimate of drug-likeness (QED) is 0.810. The Hall–Kier alpha value is -1.92. The van der Waals surface area contributed by atoms with Crippen LogP contribution in [0.15, 0.2) is 18.2 Å². The second-order valence-electron chi connectivity index (χ2n) is 5.26. The predicted molar refractivity (Wildman–Crippen MR) is 84.7 cm³/mol. The number of anilines is 1. The number of aromatic amines is 1. The van der Waals surface area contributed by atoms with E-state index in [4.69, 9.17) is 0 Å². The third-order valence-electron chi connectivity index (χ3n) is 3.58. The molecule has 1 aromatic heterocycles. The third kappa shape index (κ3) is 3.45. The zero-order chi connectivity index (χ0) is 14.8. The van der Waals surface area contributed by atoms with Crippen LogP contribution in [0.5, 0.6) is 0 Å². The Labute approximate surface area is 134 Å². The maximum atomic E-state index is 14.4. The van der Waals surface area contributed by atoms with Crippen LogP contribution in [0.25, 0.3) is 0 Å². The molecule has 1 aliphatic rings. The minimum atomic E-state index is -0.319. The van der Waals surface area contributed by atoms with E-state index in [1.54, 1.807) is 12.1 Å². The molecule has 0 saturated heterocycles. The van der Waals surface area contributed by atoms with Gasteiger partial charge in [-0.3, -0.25) is 9.89 Å². The van der Waals surface area contributed by atoms with Gasteiger partial charge in [-0.25, -0.2) is 4.39 Å². The average molecular weight is 325 g/mol. The van der Waals surface area contributed by atoms with Gasteiger partial charge in [-0.2, -0.15) is 5.10 Å². The van der Waals surface area contributed by atoms with Crippen molar-refractivity contribution in [3.05, 3.63) is 46.5 Å². The van der Waals surface area contributed by atoms with Crippen LogP contribution in [0, 0.1) is 12.7 Å². The summed E-state index contributed by atoms with van der Waals surface area (Å²) in [6.07, 6.45) is 0.770. The number of carbonyl (C=O) groups is 1. The minimum Gasteiger partial charge on any atom is -0.323 e. The Morgan fingerprint density at radius 2 is 2.27 bits per heavy atom. The van der Waals surface area contributed by atoms with E-state index in [1.807, 2.05) is 13.0 Å². The first kappa shape index (κ1) is 16.5. The normalized spacial score (nSPS) is 13.2. The summed E-state index contributed by atoms with van der Waals surface area (Å²) in [7, 11) is 0. The number of fused-ring (bicyclic) bond motifs is 1. The van der Waals surface area contributed by atoms with Gasteiger partial charge in [0.2, 0.25) is 5.91 Å². The fourth-order valence-corrected chi connectivity index (χ4v) is 2.55. The number of benzene rings is 1. The monoisotopic (exact) mass is 324 g/mol. The fraction of sp³-hybridized carbons (Fsp3) is 0.333. The highest BCUT2D eigenvalue weighted by Gasteiger charge is 2.17. The van der Waals surface area contributed by atoms with Gasteiger partial charge in [-0.1, -0.05) is 6.07 Å². The molecule has 118 valence electrons. The van der Waals surface area contributed by atoms with E-state index >= 15 is 0 Å². The number of carbonyl (C=O) groups excluding carboxylic acids is 1. The second kappa shape index (κ2) is 6.89. The zero-order valence-corrected chi connectivity index (χ0v) is 13.0. The van der Waals surface area contributed by atoms with Gasteiger partial charge in [-0.15, -0.1) is 12.4 Å². The lowest BCUT2D eigenvalue weighted by molar-refractivity contribution is -0.115. The number of hydrogen-bond donors (Lipinski definition) is 3. The molecule has 22 heavy (non-hydrogen) atoms. The molecule has 2 aromatic rings. The summed E-state index contributed by atoms with van der Waals surface area (Å²) in [5, 5.41) is 12.6. The van der Waals surface area contributed by atoms with Crippen molar-refractivity contribution in [3.8, 4) is 0 Å². The molecule has 2 heterocycles. The SMILES string of the molecule is Cc1cc(CC(=O)Nc2ccc3c(c2F)CCNC3)n[nH]1.Cl. The molecule has 5 nitrogen and oxygen atoms in total. The van der Waals surface area contributed by atoms with Crippen molar-refractivity contribution < 1.29 is 9.18 Å². The Balaban J connectivity index is 0.00000176. The number of halogens is 2. The lowest BCUT2D eigenvalue weighted by Crippen LogP contribution is -2.25. The van der Waals surface area contributed by atoms with Crippen molar-refractivity contribution in [2.45, 2.75) is 26.3 Å². The third-order valence-corrected chi connectivity index (χ3v) is 3.58. The number of aromatic nitrogens is 2. The summed E-state index contributed by atoms with van der Waals surface area (Å²) in [6.45, 7) is 3.30. The lowest BCUT2D eigenvalue weighted by Gasteiger charge is -2.19. The van der Waals surface area contributed by atoms with Crippen molar-refractivity contribution in [3.63, 3.8) is 0 Å². The van der Waals surface area contributed by atoms with E-state index in [9.17, 15) is 9.18 Å². The van der Waals surface area contributed by atoms with E-state index < -0.39 is 0 Å². The zero-order valence-electron chi connectivity index (χ0n) is 12.2. The molecule has 0 atom stereocenters. The number of aryl methyl sites for hydroxylation is 1. The summed E-state index contributed by atoms with van der Waals surface area (Å²) in [6, 6.07) is 5.28. The smallest absolute Gasteiger partial charge is 0.230 e. The van der Waals surface area contributed by atoms with Crippen LogP contribution >= 0.6 is 12.4 Å². The fourth-order valence-electron chi connectivity index (χ4n) is 2.55. The van der Waals surface area contributed by atoms with Crippen LogP contribution in [0.1, 0.15) is 22.5 Å². The van der Waals surface area contributed by atoms with Crippen LogP contribution in [0.2, 0.25) is 0 Å². The van der Waals surface area contributed by atoms with Crippen LogP contribution in [-0.2, 0) is 24.2 Å². The van der Waals surface area contributed by atoms with Gasteiger partial charge in [0, 0.05) is 12.2 Å². The molecule has 1 amide bonds. The lowest BCUT2D eigenvalue weighted by atomic mass is 9.99. The van der Waals surface area contributed by atoms with Gasteiger partial charge in [0.25, 0.3) is 0 Å². The Kier molecular flexibility index (Phi) is 5.15. The molecule has 1 aliphatic heterocycles. The Morgan fingerprint density at radius 1 is 1.45 bits per heavy atom. The van der Waals surface area contributed by atoms with Crippen molar-refractivity contribution in [2.24, 2.45) is 0 Å². The van der Waals surface area contributed by atoms with Gasteiger partial charge in [0.1, 0.15) is 5.82 Å². The van der Waals surface area contributed by atoms with Gasteiger partial charge < -0.3 is 10.6 Å². The molecule has 0 aliphatic carbocycles. The van der Waals surface area contributed by atoms with E-state index in [-0.39, 0.29) is 36.2 Å². The molecule has 0 radical (unpaired) electrons. The van der Waals surface area contributed by atoms with E-state index in [0.29, 0.717) is 24.2 Å². The molecule has 0 unspecified atom stereocenters. The summed E-state index contributed by atoms with van der Waals surface area (Å²) in [5.41, 5.74) is 3.44.